The Bertz CT molecular complexity index is 1290. The molecule has 0 saturated heterocycles. The number of esters is 1. The van der Waals surface area contributed by atoms with Gasteiger partial charge < -0.3 is 30.9 Å². The van der Waals surface area contributed by atoms with Crippen molar-refractivity contribution in [3.63, 3.8) is 0 Å². The summed E-state index contributed by atoms with van der Waals surface area (Å²) in [6, 6.07) is 1.69. The van der Waals surface area contributed by atoms with Crippen LogP contribution in [0.4, 0.5) is 5.69 Å². The average molecular weight is 544 g/mol. The van der Waals surface area contributed by atoms with Gasteiger partial charge in [-0.2, -0.15) is 0 Å². The predicted molar refractivity (Wildman–Crippen MR) is 136 cm³/mol. The fourth-order valence-electron chi connectivity index (χ4n) is 6.21. The normalized spacial score (nSPS) is 28.1. The van der Waals surface area contributed by atoms with Gasteiger partial charge >= 0.3 is 5.97 Å². The van der Waals surface area contributed by atoms with Gasteiger partial charge in [-0.3, -0.25) is 28.8 Å². The third kappa shape index (κ3) is 4.61. The predicted octanol–water partition coefficient (Wildman–Crippen LogP) is -0.566. The lowest BCUT2D eigenvalue weighted by Gasteiger charge is -2.48. The molecule has 5 atom stereocenters. The second kappa shape index (κ2) is 10.2. The van der Waals surface area contributed by atoms with E-state index in [2.05, 4.69) is 5.32 Å². The molecule has 0 bridgehead atoms. The van der Waals surface area contributed by atoms with Gasteiger partial charge in [0.15, 0.2) is 34.7 Å². The zero-order chi connectivity index (χ0) is 29.0. The molecule has 0 aliphatic heterocycles. The third-order valence-electron chi connectivity index (χ3n) is 7.89. The van der Waals surface area contributed by atoms with Crippen LogP contribution in [0.15, 0.2) is 6.07 Å². The second-order valence-corrected chi connectivity index (χ2v) is 11.0. The van der Waals surface area contributed by atoms with Crippen molar-refractivity contribution < 1.29 is 43.7 Å². The number of anilines is 1. The summed E-state index contributed by atoms with van der Waals surface area (Å²) in [5, 5.41) is 25.4. The first-order chi connectivity index (χ1) is 18.2. The van der Waals surface area contributed by atoms with Gasteiger partial charge in [0.1, 0.15) is 5.75 Å². The minimum Gasteiger partial charge on any atom is -0.507 e. The number of carbonyl (C=O) groups excluding carboxylic acids is 6. The van der Waals surface area contributed by atoms with Crippen molar-refractivity contribution in [1.29, 1.82) is 0 Å². The minimum atomic E-state index is -2.70. The quantitative estimate of drug-likeness (QED) is 0.254. The van der Waals surface area contributed by atoms with Crippen LogP contribution in [0.2, 0.25) is 0 Å². The van der Waals surface area contributed by atoms with Crippen molar-refractivity contribution in [2.45, 2.75) is 51.4 Å². The Kier molecular flexibility index (Phi) is 7.39. The molecule has 4 rings (SSSR count). The number of primary amides is 1. The maximum absolute atomic E-state index is 13.8. The number of ether oxygens (including phenoxy) is 1. The van der Waals surface area contributed by atoms with Gasteiger partial charge in [-0.15, -0.1) is 0 Å². The van der Waals surface area contributed by atoms with E-state index in [0.717, 1.165) is 0 Å². The summed E-state index contributed by atoms with van der Waals surface area (Å²) >= 11 is 0. The topological polar surface area (TPSA) is 193 Å². The number of fused-ring (bicyclic) bond motifs is 3. The van der Waals surface area contributed by atoms with E-state index >= 15 is 0 Å². The van der Waals surface area contributed by atoms with E-state index in [-0.39, 0.29) is 49.8 Å². The van der Waals surface area contributed by atoms with Gasteiger partial charge in [-0.25, -0.2) is 0 Å². The van der Waals surface area contributed by atoms with Crippen molar-refractivity contribution in [1.82, 2.24) is 5.32 Å². The highest BCUT2D eigenvalue weighted by atomic mass is 16.5. The number of aliphatic hydroxyl groups is 1. The Labute approximate surface area is 224 Å². The number of nitrogens with zero attached hydrogens (tertiary/aromatic N) is 1. The monoisotopic (exact) mass is 543 g/mol. The molecule has 0 spiro atoms. The van der Waals surface area contributed by atoms with E-state index < -0.39 is 64.3 Å². The second-order valence-electron chi connectivity index (χ2n) is 11.0. The van der Waals surface area contributed by atoms with Crippen molar-refractivity contribution >= 4 is 40.7 Å². The first kappa shape index (κ1) is 28.4. The minimum absolute atomic E-state index is 0.00930. The number of nitrogens with one attached hydrogen (secondary N) is 1. The molecule has 5 N–H and O–H groups in total. The zero-order valence-electron chi connectivity index (χ0n) is 22.3. The Morgan fingerprint density at radius 2 is 1.85 bits per heavy atom. The Morgan fingerprint density at radius 3 is 2.44 bits per heavy atom. The van der Waals surface area contributed by atoms with E-state index in [9.17, 15) is 39.0 Å². The molecule has 1 amide bonds. The maximum atomic E-state index is 13.8. The van der Waals surface area contributed by atoms with E-state index in [0.29, 0.717) is 16.8 Å². The largest absolute Gasteiger partial charge is 0.507 e. The number of benzene rings is 1. The van der Waals surface area contributed by atoms with Gasteiger partial charge in [0, 0.05) is 44.2 Å². The van der Waals surface area contributed by atoms with Crippen LogP contribution in [0.5, 0.6) is 5.75 Å². The number of rotatable bonds is 7. The lowest BCUT2D eigenvalue weighted by Crippen LogP contribution is -2.68. The molecule has 210 valence electrons. The lowest BCUT2D eigenvalue weighted by molar-refractivity contribution is -0.175. The Morgan fingerprint density at radius 1 is 1.18 bits per heavy atom. The Hall–Kier alpha value is -3.64. The number of hydrogen-bond donors (Lipinski definition) is 4. The van der Waals surface area contributed by atoms with Gasteiger partial charge in [-0.05, 0) is 44.2 Å². The molecule has 0 radical (unpaired) electrons. The Balaban J connectivity index is 1.71. The summed E-state index contributed by atoms with van der Waals surface area (Å²) in [5.74, 6) is -11.1. The molecule has 1 aromatic rings. The number of carbonyl (C=O) groups is 6. The van der Waals surface area contributed by atoms with Gasteiger partial charge in [-0.1, -0.05) is 0 Å². The van der Waals surface area contributed by atoms with Crippen LogP contribution in [-0.4, -0.2) is 77.6 Å². The summed E-state index contributed by atoms with van der Waals surface area (Å²) in [5.41, 5.74) is 3.86. The highest BCUT2D eigenvalue weighted by Crippen LogP contribution is 2.51. The highest BCUT2D eigenvalue weighted by Gasteiger charge is 2.66. The van der Waals surface area contributed by atoms with Crippen LogP contribution in [0.25, 0.3) is 0 Å². The molecule has 2 saturated carbocycles. The number of amides is 1. The molecular weight excluding hydrogens is 510 g/mol. The summed E-state index contributed by atoms with van der Waals surface area (Å²) in [4.78, 5) is 78.5. The fourth-order valence-corrected chi connectivity index (χ4v) is 6.21. The molecule has 2 unspecified atom stereocenters. The zero-order valence-corrected chi connectivity index (χ0v) is 22.3. The first-order valence-corrected chi connectivity index (χ1v) is 12.8. The van der Waals surface area contributed by atoms with Crippen LogP contribution >= 0.6 is 0 Å². The van der Waals surface area contributed by atoms with E-state index in [1.54, 1.807) is 38.9 Å². The molecule has 1 aromatic carbocycles. The van der Waals surface area contributed by atoms with Crippen molar-refractivity contribution in [3.05, 3.63) is 22.8 Å². The number of phenols is 1. The smallest absolute Gasteiger partial charge is 0.320 e. The fraction of sp³-hybridized carbons (Fsp3) is 0.556. The summed E-state index contributed by atoms with van der Waals surface area (Å²) in [7, 11) is 3.52. The maximum Gasteiger partial charge on any atom is 0.320 e. The van der Waals surface area contributed by atoms with Crippen molar-refractivity contribution in [2.75, 3.05) is 25.5 Å². The molecule has 2 fully saturated rings. The highest BCUT2D eigenvalue weighted by molar-refractivity contribution is 6.31. The van der Waals surface area contributed by atoms with E-state index in [1.165, 1.54) is 0 Å². The standard InChI is InChI=1S/C27H33N3O9/c1-11(2)39-18(32)10-29-9-13-7-16(30(3)4)15-6-12-5-14-8-17(31)21(26(28)37)25(36)27(14,38)24(35)19(12)23(34)20(15)22(13)33/h7,11-12,14,19,21,29,33,38H,5-6,8-10H2,1-4H3,(H2,28,37)/t12-,14+,19?,21?,27+/m1/s1. The van der Waals surface area contributed by atoms with E-state index in [4.69, 9.17) is 10.5 Å². The SMILES string of the molecule is CC(C)OC(=O)CNCc1cc(N(C)C)c2c(c1O)C(=O)C1C(=O)[C@]3(O)C(=O)C(C(N)=O)C(=O)C[C@@H]3C[C@@H]1C2. The van der Waals surface area contributed by atoms with Gasteiger partial charge in [0.05, 0.1) is 24.1 Å². The van der Waals surface area contributed by atoms with Crippen LogP contribution in [0.1, 0.15) is 48.2 Å². The molecule has 39 heavy (non-hydrogen) atoms. The number of aromatic hydroxyl groups is 1. The molecule has 3 aliphatic rings. The van der Waals surface area contributed by atoms with Crippen LogP contribution in [0.3, 0.4) is 0 Å². The number of ketones is 4. The molecule has 0 aromatic heterocycles. The van der Waals surface area contributed by atoms with Crippen LogP contribution in [-0.2, 0) is 41.7 Å². The van der Waals surface area contributed by atoms with Gasteiger partial charge in [0.25, 0.3) is 0 Å². The summed E-state index contributed by atoms with van der Waals surface area (Å²) in [6.45, 7) is 3.30. The number of hydrogen-bond acceptors (Lipinski definition) is 11. The first-order valence-electron chi connectivity index (χ1n) is 12.8. The molecule has 0 heterocycles. The number of phenolic OH excluding ortho intramolecular Hbond substituents is 1. The van der Waals surface area contributed by atoms with Crippen molar-refractivity contribution in [3.8, 4) is 5.75 Å². The molecule has 12 nitrogen and oxygen atoms in total. The average Bonchev–Trinajstić information content (AvgIpc) is 2.81. The molecule has 3 aliphatic carbocycles. The lowest BCUT2D eigenvalue weighted by atomic mass is 9.53. The van der Waals surface area contributed by atoms with Crippen molar-refractivity contribution in [2.24, 2.45) is 29.4 Å². The summed E-state index contributed by atoms with van der Waals surface area (Å²) in [6.07, 6.45) is -0.476. The van der Waals surface area contributed by atoms with Gasteiger partial charge in [0.2, 0.25) is 5.91 Å². The van der Waals surface area contributed by atoms with Crippen LogP contribution in [0, 0.1) is 23.7 Å². The molecule has 12 heteroatoms. The third-order valence-corrected chi connectivity index (χ3v) is 7.89. The molecular formula is C27H33N3O9. The summed E-state index contributed by atoms with van der Waals surface area (Å²) < 4.78 is 5.08. The number of Topliss-reactive ketones (excluding diaryl/α,β-unsaturated/α-hetero) is 4. The van der Waals surface area contributed by atoms with Crippen LogP contribution < -0.4 is 16.0 Å². The van der Waals surface area contributed by atoms with E-state index in [1.807, 2.05) is 0 Å². The number of nitrogens with two attached hydrogens (primary N) is 1.